The minimum Gasteiger partial charge on any atom is -0.467 e. The second kappa shape index (κ2) is 7.44. The first-order valence-electron chi connectivity index (χ1n) is 6.60. The topological polar surface area (TPSA) is 77.5 Å². The zero-order chi connectivity index (χ0) is 15.1. The van der Waals surface area contributed by atoms with E-state index in [0.717, 1.165) is 11.8 Å². The number of hydrogen-bond acceptors (Lipinski definition) is 4. The average molecular weight is 292 g/mol. The number of furan rings is 1. The molecule has 5 nitrogen and oxygen atoms in total. The standard InChI is InChI=1S/C15H17FN2O3/c16-11-4-5-14(17)13(9-11)15(19)18-6-2-7-20-10-12-3-1-8-21-12/h1,3-5,8-9H,2,6-7,10,17H2,(H,18,19). The number of carbonyl (C=O) groups is 1. The number of hydrogen-bond donors (Lipinski definition) is 2. The number of nitrogens with two attached hydrogens (primary N) is 1. The summed E-state index contributed by atoms with van der Waals surface area (Å²) in [5.41, 5.74) is 6.03. The highest BCUT2D eigenvalue weighted by Gasteiger charge is 2.10. The maximum atomic E-state index is 13.1. The number of amides is 1. The van der Waals surface area contributed by atoms with Crippen LogP contribution in [0.3, 0.4) is 0 Å². The number of carbonyl (C=O) groups excluding carboxylic acids is 1. The van der Waals surface area contributed by atoms with E-state index in [1.54, 1.807) is 12.3 Å². The fourth-order valence-electron chi connectivity index (χ4n) is 1.76. The summed E-state index contributed by atoms with van der Waals surface area (Å²) < 4.78 is 23.6. The Morgan fingerprint density at radius 2 is 2.24 bits per heavy atom. The first-order chi connectivity index (χ1) is 10.2. The third kappa shape index (κ3) is 4.61. The van der Waals surface area contributed by atoms with Crippen LogP contribution in [0.15, 0.2) is 41.0 Å². The van der Waals surface area contributed by atoms with Gasteiger partial charge in [0, 0.05) is 18.8 Å². The quantitative estimate of drug-likeness (QED) is 0.606. The van der Waals surface area contributed by atoms with Gasteiger partial charge in [-0.15, -0.1) is 0 Å². The van der Waals surface area contributed by atoms with Crippen LogP contribution in [0, 0.1) is 5.82 Å². The van der Waals surface area contributed by atoms with Gasteiger partial charge in [-0.1, -0.05) is 0 Å². The highest BCUT2D eigenvalue weighted by atomic mass is 19.1. The zero-order valence-electron chi connectivity index (χ0n) is 11.5. The van der Waals surface area contributed by atoms with E-state index in [0.29, 0.717) is 26.2 Å². The van der Waals surface area contributed by atoms with Crippen molar-refractivity contribution in [2.75, 3.05) is 18.9 Å². The van der Waals surface area contributed by atoms with Crippen LogP contribution in [0.5, 0.6) is 0 Å². The lowest BCUT2D eigenvalue weighted by Gasteiger charge is -2.07. The van der Waals surface area contributed by atoms with Gasteiger partial charge in [-0.05, 0) is 36.8 Å². The number of benzene rings is 1. The van der Waals surface area contributed by atoms with E-state index in [1.165, 1.54) is 12.1 Å². The van der Waals surface area contributed by atoms with Crippen LogP contribution >= 0.6 is 0 Å². The van der Waals surface area contributed by atoms with Crippen LogP contribution in [0.25, 0.3) is 0 Å². The van der Waals surface area contributed by atoms with Gasteiger partial charge in [0.25, 0.3) is 5.91 Å². The molecule has 0 atom stereocenters. The fourth-order valence-corrected chi connectivity index (χ4v) is 1.76. The highest BCUT2D eigenvalue weighted by molar-refractivity contribution is 5.99. The summed E-state index contributed by atoms with van der Waals surface area (Å²) in [7, 11) is 0. The molecule has 0 unspecified atom stereocenters. The zero-order valence-corrected chi connectivity index (χ0v) is 11.5. The van der Waals surface area contributed by atoms with Gasteiger partial charge >= 0.3 is 0 Å². The molecule has 1 aromatic carbocycles. The van der Waals surface area contributed by atoms with Crippen LogP contribution < -0.4 is 11.1 Å². The molecule has 0 saturated heterocycles. The molecule has 0 aliphatic heterocycles. The van der Waals surface area contributed by atoms with Crippen molar-refractivity contribution in [1.82, 2.24) is 5.32 Å². The van der Waals surface area contributed by atoms with E-state index in [9.17, 15) is 9.18 Å². The molecule has 112 valence electrons. The number of anilines is 1. The normalized spacial score (nSPS) is 10.5. The molecule has 3 N–H and O–H groups in total. The van der Waals surface area contributed by atoms with Crippen LogP contribution in [0.1, 0.15) is 22.5 Å². The minimum atomic E-state index is -0.490. The Kier molecular flexibility index (Phi) is 5.34. The van der Waals surface area contributed by atoms with Crippen molar-refractivity contribution >= 4 is 11.6 Å². The molecule has 0 fully saturated rings. The van der Waals surface area contributed by atoms with Gasteiger partial charge < -0.3 is 20.2 Å². The summed E-state index contributed by atoms with van der Waals surface area (Å²) in [5, 5.41) is 2.67. The van der Waals surface area contributed by atoms with Gasteiger partial charge in [0.2, 0.25) is 0 Å². The fraction of sp³-hybridized carbons (Fsp3) is 0.267. The summed E-state index contributed by atoms with van der Waals surface area (Å²) in [6.07, 6.45) is 2.23. The number of halogens is 1. The SMILES string of the molecule is Nc1ccc(F)cc1C(=O)NCCCOCc1ccco1. The Morgan fingerprint density at radius 3 is 3.00 bits per heavy atom. The first kappa shape index (κ1) is 15.1. The Balaban J connectivity index is 1.66. The molecule has 0 saturated carbocycles. The summed E-state index contributed by atoms with van der Waals surface area (Å²) in [5.74, 6) is -0.124. The van der Waals surface area contributed by atoms with Crippen LogP contribution in [0.4, 0.5) is 10.1 Å². The molecule has 1 heterocycles. The number of nitrogens with one attached hydrogen (secondary N) is 1. The van der Waals surface area contributed by atoms with Crippen molar-refractivity contribution < 1.29 is 18.3 Å². The molecule has 6 heteroatoms. The van der Waals surface area contributed by atoms with Crippen LogP contribution in [0.2, 0.25) is 0 Å². The van der Waals surface area contributed by atoms with Gasteiger partial charge in [0.05, 0.1) is 11.8 Å². The van der Waals surface area contributed by atoms with Crippen molar-refractivity contribution in [1.29, 1.82) is 0 Å². The van der Waals surface area contributed by atoms with E-state index in [4.69, 9.17) is 14.9 Å². The van der Waals surface area contributed by atoms with E-state index in [2.05, 4.69) is 5.32 Å². The highest BCUT2D eigenvalue weighted by Crippen LogP contribution is 2.12. The first-order valence-corrected chi connectivity index (χ1v) is 6.60. The van der Waals surface area contributed by atoms with Crippen LogP contribution in [-0.4, -0.2) is 19.1 Å². The van der Waals surface area contributed by atoms with E-state index in [-0.39, 0.29) is 11.3 Å². The Morgan fingerprint density at radius 1 is 1.38 bits per heavy atom. The van der Waals surface area contributed by atoms with Crippen molar-refractivity contribution in [2.24, 2.45) is 0 Å². The Bertz CT molecular complexity index is 585. The summed E-state index contributed by atoms with van der Waals surface area (Å²) >= 11 is 0. The van der Waals surface area contributed by atoms with Crippen molar-refractivity contribution in [3.63, 3.8) is 0 Å². The second-order valence-electron chi connectivity index (χ2n) is 4.47. The minimum absolute atomic E-state index is 0.145. The lowest BCUT2D eigenvalue weighted by molar-refractivity contribution is 0.0917. The molecule has 2 aromatic rings. The van der Waals surface area contributed by atoms with Crippen molar-refractivity contribution in [3.05, 3.63) is 53.7 Å². The van der Waals surface area contributed by atoms with Crippen LogP contribution in [-0.2, 0) is 11.3 Å². The predicted molar refractivity (Wildman–Crippen MR) is 76.1 cm³/mol. The summed E-state index contributed by atoms with van der Waals surface area (Å²) in [6, 6.07) is 7.33. The van der Waals surface area contributed by atoms with Gasteiger partial charge in [-0.25, -0.2) is 4.39 Å². The maximum absolute atomic E-state index is 13.1. The average Bonchev–Trinajstić information content (AvgIpc) is 2.98. The molecule has 2 rings (SSSR count). The maximum Gasteiger partial charge on any atom is 0.253 e. The molecule has 1 aromatic heterocycles. The second-order valence-corrected chi connectivity index (χ2v) is 4.47. The molecule has 0 radical (unpaired) electrons. The van der Waals surface area contributed by atoms with Gasteiger partial charge in [-0.3, -0.25) is 4.79 Å². The Labute approximate surface area is 121 Å². The third-order valence-electron chi connectivity index (χ3n) is 2.84. The van der Waals surface area contributed by atoms with E-state index < -0.39 is 11.7 Å². The monoisotopic (exact) mass is 292 g/mol. The lowest BCUT2D eigenvalue weighted by atomic mass is 10.1. The third-order valence-corrected chi connectivity index (χ3v) is 2.84. The van der Waals surface area contributed by atoms with Gasteiger partial charge in [-0.2, -0.15) is 0 Å². The molecule has 0 bridgehead atoms. The van der Waals surface area contributed by atoms with Crippen molar-refractivity contribution in [2.45, 2.75) is 13.0 Å². The van der Waals surface area contributed by atoms with Gasteiger partial charge in [0.1, 0.15) is 18.2 Å². The lowest BCUT2D eigenvalue weighted by Crippen LogP contribution is -2.26. The molecular formula is C15H17FN2O3. The summed E-state index contributed by atoms with van der Waals surface area (Å²) in [4.78, 5) is 11.8. The molecule has 21 heavy (non-hydrogen) atoms. The number of rotatable bonds is 7. The van der Waals surface area contributed by atoms with E-state index in [1.807, 2.05) is 6.07 Å². The number of nitrogen functional groups attached to an aromatic ring is 1. The summed E-state index contributed by atoms with van der Waals surface area (Å²) in [6.45, 7) is 1.31. The molecule has 0 aliphatic carbocycles. The number of ether oxygens (including phenoxy) is 1. The molecule has 1 amide bonds. The van der Waals surface area contributed by atoms with Gasteiger partial charge in [0.15, 0.2) is 0 Å². The largest absolute Gasteiger partial charge is 0.467 e. The smallest absolute Gasteiger partial charge is 0.253 e. The predicted octanol–water partition coefficient (Wildman–Crippen LogP) is 2.34. The van der Waals surface area contributed by atoms with Crippen molar-refractivity contribution in [3.8, 4) is 0 Å². The molecule has 0 spiro atoms. The van der Waals surface area contributed by atoms with E-state index >= 15 is 0 Å². The molecular weight excluding hydrogens is 275 g/mol. The molecule has 0 aliphatic rings. The Hall–Kier alpha value is -2.34.